The van der Waals surface area contributed by atoms with E-state index < -0.39 is 23.3 Å². The number of likely N-dealkylation sites (tertiary alicyclic amines) is 1. The Morgan fingerprint density at radius 1 is 1.08 bits per heavy atom. The van der Waals surface area contributed by atoms with Gasteiger partial charge in [-0.2, -0.15) is 13.2 Å². The molecule has 2 unspecified atom stereocenters. The van der Waals surface area contributed by atoms with Gasteiger partial charge in [0.15, 0.2) is 0 Å². The summed E-state index contributed by atoms with van der Waals surface area (Å²) in [6, 6.07) is 11.0. The lowest BCUT2D eigenvalue weighted by atomic mass is 9.69. The molecular weight excluding hydrogens is 507 g/mol. The molecule has 2 amide bonds. The number of piperidine rings is 2. The number of aryl methyl sites for hydroxylation is 1. The van der Waals surface area contributed by atoms with Gasteiger partial charge in [-0.3, -0.25) is 24.8 Å². The van der Waals surface area contributed by atoms with Crippen LogP contribution in [0.1, 0.15) is 60.4 Å². The molecule has 2 fully saturated rings. The van der Waals surface area contributed by atoms with Crippen molar-refractivity contribution in [3.05, 3.63) is 76.5 Å². The first kappa shape index (κ1) is 27.3. The predicted molar refractivity (Wildman–Crippen MR) is 141 cm³/mol. The maximum atomic E-state index is 12.9. The highest BCUT2D eigenvalue weighted by atomic mass is 19.4. The molecule has 206 valence electrons. The Hall–Kier alpha value is -3.30. The van der Waals surface area contributed by atoms with E-state index >= 15 is 0 Å². The van der Waals surface area contributed by atoms with E-state index in [2.05, 4.69) is 15.2 Å². The van der Waals surface area contributed by atoms with Crippen LogP contribution in [0.25, 0.3) is 10.9 Å². The van der Waals surface area contributed by atoms with Crippen LogP contribution in [0.3, 0.4) is 0 Å². The van der Waals surface area contributed by atoms with Gasteiger partial charge in [-0.05, 0) is 59.9 Å². The molecule has 2 N–H and O–H groups in total. The van der Waals surface area contributed by atoms with E-state index in [0.717, 1.165) is 45.3 Å². The number of halogens is 3. The zero-order valence-corrected chi connectivity index (χ0v) is 22.2. The van der Waals surface area contributed by atoms with E-state index in [9.17, 15) is 27.9 Å². The number of carbonyl (C=O) groups excluding carboxylic acids is 2. The summed E-state index contributed by atoms with van der Waals surface area (Å²) in [6.45, 7) is 7.61. The fraction of sp³-hybridized carbons (Fsp3) is 0.433. The van der Waals surface area contributed by atoms with Gasteiger partial charge in [0.2, 0.25) is 11.8 Å². The monoisotopic (exact) mass is 539 g/mol. The Morgan fingerprint density at radius 3 is 2.36 bits per heavy atom. The zero-order valence-electron chi connectivity index (χ0n) is 22.2. The number of aromatic nitrogens is 1. The summed E-state index contributed by atoms with van der Waals surface area (Å²) in [5.41, 5.74) is 2.21. The average molecular weight is 540 g/mol. The molecule has 0 radical (unpaired) electrons. The van der Waals surface area contributed by atoms with E-state index in [-0.39, 0.29) is 30.1 Å². The van der Waals surface area contributed by atoms with Crippen LogP contribution >= 0.6 is 0 Å². The molecule has 0 saturated carbocycles. The molecule has 6 nitrogen and oxygen atoms in total. The summed E-state index contributed by atoms with van der Waals surface area (Å²) < 4.78 is 38.8. The molecule has 2 aliphatic heterocycles. The maximum absolute atomic E-state index is 12.9. The lowest BCUT2D eigenvalue weighted by molar-refractivity contribution is -0.138. The smallest absolute Gasteiger partial charge is 0.384 e. The highest BCUT2D eigenvalue weighted by Crippen LogP contribution is 2.44. The van der Waals surface area contributed by atoms with Crippen molar-refractivity contribution in [3.8, 4) is 0 Å². The molecule has 1 aromatic heterocycles. The minimum atomic E-state index is -4.36. The Kier molecular flexibility index (Phi) is 7.01. The van der Waals surface area contributed by atoms with Crippen molar-refractivity contribution in [1.82, 2.24) is 15.2 Å². The Morgan fingerprint density at radius 2 is 1.74 bits per heavy atom. The highest BCUT2D eigenvalue weighted by molar-refractivity contribution is 6.01. The number of benzene rings is 2. The Bertz CT molecular complexity index is 1410. The van der Waals surface area contributed by atoms with Gasteiger partial charge in [0.25, 0.3) is 0 Å². The van der Waals surface area contributed by atoms with Crippen LogP contribution in [0.5, 0.6) is 0 Å². The third kappa shape index (κ3) is 5.05. The molecule has 0 bridgehead atoms. The number of imide groups is 1. The first-order chi connectivity index (χ1) is 18.4. The minimum absolute atomic E-state index is 0.155. The third-order valence-corrected chi connectivity index (χ3v) is 8.48. The molecule has 2 aliphatic rings. The number of aliphatic hydroxyl groups is 1. The van der Waals surface area contributed by atoms with E-state index in [1.807, 2.05) is 39.0 Å². The number of fused-ring (bicyclic) bond motifs is 1. The first-order valence-electron chi connectivity index (χ1n) is 13.2. The second-order valence-electron chi connectivity index (χ2n) is 11.1. The second kappa shape index (κ2) is 10.0. The molecule has 5 rings (SSSR count). The second-order valence-corrected chi connectivity index (χ2v) is 11.1. The lowest BCUT2D eigenvalue weighted by Gasteiger charge is -2.48. The van der Waals surface area contributed by atoms with Crippen LogP contribution in [0.4, 0.5) is 13.2 Å². The fourth-order valence-electron chi connectivity index (χ4n) is 6.32. The molecule has 3 aromatic rings. The Labute approximate surface area is 225 Å². The summed E-state index contributed by atoms with van der Waals surface area (Å²) in [5, 5.41) is 15.4. The number of nitrogens with zero attached hydrogens (tertiary/aromatic N) is 2. The predicted octanol–water partition coefficient (Wildman–Crippen LogP) is 5.06. The molecule has 0 spiro atoms. The molecule has 9 heteroatoms. The van der Waals surface area contributed by atoms with Crippen molar-refractivity contribution in [3.63, 3.8) is 0 Å². The number of hydrogen-bond donors (Lipinski definition) is 2. The van der Waals surface area contributed by atoms with Gasteiger partial charge >= 0.3 is 6.18 Å². The van der Waals surface area contributed by atoms with Crippen LogP contribution in [0.2, 0.25) is 0 Å². The minimum Gasteiger partial charge on any atom is -0.384 e. The quantitative estimate of drug-likeness (QED) is 0.453. The van der Waals surface area contributed by atoms with E-state index in [1.54, 1.807) is 6.20 Å². The third-order valence-electron chi connectivity index (χ3n) is 8.48. The molecule has 39 heavy (non-hydrogen) atoms. The van der Waals surface area contributed by atoms with Gasteiger partial charge in [0.05, 0.1) is 22.6 Å². The van der Waals surface area contributed by atoms with Crippen molar-refractivity contribution in [1.29, 1.82) is 0 Å². The number of nitrogens with one attached hydrogen (secondary N) is 1. The van der Waals surface area contributed by atoms with Crippen molar-refractivity contribution >= 4 is 22.7 Å². The molecule has 0 aliphatic carbocycles. The SMILES string of the molecule is Cc1c(C2(O)[C@H](C)CN(Cc3ccc(C(F)(F)F)cc3)C[C@@H]2C)ccc2ncc(C3CCC(=O)NC3=O)cc12. The van der Waals surface area contributed by atoms with E-state index in [4.69, 9.17) is 0 Å². The lowest BCUT2D eigenvalue weighted by Crippen LogP contribution is -2.54. The van der Waals surface area contributed by atoms with E-state index in [0.29, 0.717) is 26.1 Å². The summed E-state index contributed by atoms with van der Waals surface area (Å²) in [5.74, 6) is -1.34. The standard InChI is InChI=1S/C30H32F3N3O3/c1-17-14-36(16-20-4-6-22(7-5-20)30(31,32)33)15-18(2)29(17,39)25-9-10-26-24(19(25)3)12-21(13-34-26)23-8-11-27(37)35-28(23)38/h4-7,9-10,12-13,17-18,23,39H,8,11,14-16H2,1-3H3,(H,35,37,38)/t17-,18+,23?,29?. The van der Waals surface area contributed by atoms with Crippen molar-refractivity contribution in [2.75, 3.05) is 13.1 Å². The van der Waals surface area contributed by atoms with Gasteiger partial charge in [0.1, 0.15) is 0 Å². The van der Waals surface area contributed by atoms with Gasteiger partial charge in [-0.25, -0.2) is 0 Å². The zero-order chi connectivity index (χ0) is 28.1. The normalized spacial score (nSPS) is 26.6. The molecular formula is C30H32F3N3O3. The van der Waals surface area contributed by atoms with Crippen LogP contribution < -0.4 is 5.32 Å². The molecule has 4 atom stereocenters. The largest absolute Gasteiger partial charge is 0.416 e. The van der Waals surface area contributed by atoms with Crippen molar-refractivity contribution in [2.45, 2.75) is 57.9 Å². The average Bonchev–Trinajstić information content (AvgIpc) is 2.87. The van der Waals surface area contributed by atoms with Crippen molar-refractivity contribution < 1.29 is 27.9 Å². The Balaban J connectivity index is 1.40. The molecule has 2 aromatic carbocycles. The summed E-state index contributed by atoms with van der Waals surface area (Å²) >= 11 is 0. The number of rotatable bonds is 4. The summed E-state index contributed by atoms with van der Waals surface area (Å²) in [7, 11) is 0. The maximum Gasteiger partial charge on any atom is 0.416 e. The van der Waals surface area contributed by atoms with Gasteiger partial charge in [-0.1, -0.05) is 32.0 Å². The number of pyridine rings is 1. The molecule has 2 saturated heterocycles. The topological polar surface area (TPSA) is 82.5 Å². The van der Waals surface area contributed by atoms with Crippen LogP contribution in [0.15, 0.2) is 48.7 Å². The van der Waals surface area contributed by atoms with Gasteiger partial charge in [0, 0.05) is 49.5 Å². The summed E-state index contributed by atoms with van der Waals surface area (Å²) in [6.07, 6.45) is -1.96. The van der Waals surface area contributed by atoms with Crippen LogP contribution in [-0.2, 0) is 27.9 Å². The first-order valence-corrected chi connectivity index (χ1v) is 13.2. The van der Waals surface area contributed by atoms with E-state index in [1.165, 1.54) is 12.1 Å². The number of hydrogen-bond acceptors (Lipinski definition) is 5. The van der Waals surface area contributed by atoms with Crippen molar-refractivity contribution in [2.24, 2.45) is 11.8 Å². The highest BCUT2D eigenvalue weighted by Gasteiger charge is 2.46. The summed E-state index contributed by atoms with van der Waals surface area (Å²) in [4.78, 5) is 30.8. The number of carbonyl (C=O) groups is 2. The molecule has 3 heterocycles. The van der Waals surface area contributed by atoms with Crippen LogP contribution in [-0.4, -0.2) is 39.9 Å². The fourth-order valence-corrected chi connectivity index (χ4v) is 6.32. The van der Waals surface area contributed by atoms with Crippen LogP contribution in [0, 0.1) is 18.8 Å². The van der Waals surface area contributed by atoms with Gasteiger partial charge in [-0.15, -0.1) is 0 Å². The number of alkyl halides is 3. The van der Waals surface area contributed by atoms with Gasteiger partial charge < -0.3 is 5.11 Å². The number of amides is 2.